The van der Waals surface area contributed by atoms with E-state index in [2.05, 4.69) is 27.8 Å². The highest BCUT2D eigenvalue weighted by Crippen LogP contribution is 2.22. The number of rotatable bonds is 2. The Kier molecular flexibility index (Phi) is 4.48. The molecule has 1 aliphatic rings. The number of quaternary nitrogens is 1. The molecule has 0 saturated carbocycles. The van der Waals surface area contributed by atoms with E-state index in [1.54, 1.807) is 0 Å². The van der Waals surface area contributed by atoms with Gasteiger partial charge in [0.1, 0.15) is 6.54 Å². The largest absolute Gasteiger partial charge is 0.453 e. The van der Waals surface area contributed by atoms with E-state index in [-0.39, 0.29) is 17.5 Å². The van der Waals surface area contributed by atoms with Crippen LogP contribution in [0.2, 0.25) is 0 Å². The van der Waals surface area contributed by atoms with Gasteiger partial charge in [-0.1, -0.05) is 32.9 Å². The molecule has 0 spiro atoms. The van der Waals surface area contributed by atoms with E-state index in [1.807, 2.05) is 24.3 Å². The number of benzene rings is 1. The zero-order valence-electron chi connectivity index (χ0n) is 13.0. The standard InChI is InChI=1S/C17H25NO2/c1-17(2,3)14-9-7-13(8-10-14)16(19)20-15-6-5-11-18(4)12-15/h7-10,15H,5-6,11-12H2,1-4H3/p+1/t15-/m0/s1. The molecular formula is C17H26NO2+. The van der Waals surface area contributed by atoms with Crippen LogP contribution in [-0.2, 0) is 10.2 Å². The van der Waals surface area contributed by atoms with E-state index < -0.39 is 0 Å². The van der Waals surface area contributed by atoms with Crippen LogP contribution in [0.3, 0.4) is 0 Å². The van der Waals surface area contributed by atoms with Crippen molar-refractivity contribution in [3.8, 4) is 0 Å². The van der Waals surface area contributed by atoms with Gasteiger partial charge in [0.2, 0.25) is 0 Å². The second kappa shape index (κ2) is 5.96. The zero-order chi connectivity index (χ0) is 14.8. The van der Waals surface area contributed by atoms with Crippen molar-refractivity contribution in [2.45, 2.75) is 45.1 Å². The Labute approximate surface area is 121 Å². The Morgan fingerprint density at radius 2 is 1.90 bits per heavy atom. The van der Waals surface area contributed by atoms with Crippen LogP contribution in [0.15, 0.2) is 24.3 Å². The Morgan fingerprint density at radius 1 is 1.25 bits per heavy atom. The van der Waals surface area contributed by atoms with Crippen LogP contribution >= 0.6 is 0 Å². The first-order valence-corrected chi connectivity index (χ1v) is 7.49. The summed E-state index contributed by atoms with van der Waals surface area (Å²) in [6.45, 7) is 8.60. The van der Waals surface area contributed by atoms with Gasteiger partial charge in [-0.25, -0.2) is 4.79 Å². The van der Waals surface area contributed by atoms with Gasteiger partial charge in [0, 0.05) is 6.42 Å². The molecule has 1 unspecified atom stereocenters. The van der Waals surface area contributed by atoms with E-state index in [1.165, 1.54) is 17.0 Å². The summed E-state index contributed by atoms with van der Waals surface area (Å²) in [5.41, 5.74) is 2.00. The van der Waals surface area contributed by atoms with E-state index in [4.69, 9.17) is 4.74 Å². The molecule has 1 saturated heterocycles. The molecule has 0 bridgehead atoms. The molecular weight excluding hydrogens is 250 g/mol. The molecule has 3 nitrogen and oxygen atoms in total. The average molecular weight is 276 g/mol. The molecule has 110 valence electrons. The van der Waals surface area contributed by atoms with Crippen molar-refractivity contribution in [2.24, 2.45) is 0 Å². The number of nitrogens with one attached hydrogen (secondary N) is 1. The van der Waals surface area contributed by atoms with Gasteiger partial charge in [0.05, 0.1) is 19.2 Å². The summed E-state index contributed by atoms with van der Waals surface area (Å²) in [5.74, 6) is -0.190. The van der Waals surface area contributed by atoms with Gasteiger partial charge in [0.15, 0.2) is 6.10 Å². The number of esters is 1. The Bertz CT molecular complexity index is 459. The van der Waals surface area contributed by atoms with Gasteiger partial charge in [-0.05, 0) is 29.5 Å². The minimum absolute atomic E-state index is 0.0681. The zero-order valence-corrected chi connectivity index (χ0v) is 13.0. The average Bonchev–Trinajstić information content (AvgIpc) is 2.38. The lowest BCUT2D eigenvalue weighted by molar-refractivity contribution is -0.888. The van der Waals surface area contributed by atoms with Gasteiger partial charge < -0.3 is 9.64 Å². The maximum absolute atomic E-state index is 12.1. The fourth-order valence-electron chi connectivity index (χ4n) is 2.65. The van der Waals surface area contributed by atoms with E-state index in [0.29, 0.717) is 5.56 Å². The van der Waals surface area contributed by atoms with Crippen LogP contribution in [0, 0.1) is 0 Å². The number of piperidine rings is 1. The predicted molar refractivity (Wildman–Crippen MR) is 80.2 cm³/mol. The number of ether oxygens (including phenoxy) is 1. The summed E-state index contributed by atoms with van der Waals surface area (Å²) in [6.07, 6.45) is 2.19. The summed E-state index contributed by atoms with van der Waals surface area (Å²) in [5, 5.41) is 0. The minimum atomic E-state index is -0.190. The third-order valence-corrected chi connectivity index (χ3v) is 3.97. The lowest BCUT2D eigenvalue weighted by atomic mass is 9.87. The fourth-order valence-corrected chi connectivity index (χ4v) is 2.65. The second-order valence-corrected chi connectivity index (χ2v) is 6.91. The van der Waals surface area contributed by atoms with Crippen LogP contribution < -0.4 is 4.90 Å². The molecule has 1 aromatic rings. The highest BCUT2D eigenvalue weighted by Gasteiger charge is 2.24. The third kappa shape index (κ3) is 3.83. The van der Waals surface area contributed by atoms with Gasteiger partial charge in [-0.2, -0.15) is 0 Å². The third-order valence-electron chi connectivity index (χ3n) is 3.97. The maximum atomic E-state index is 12.1. The van der Waals surface area contributed by atoms with Crippen LogP contribution in [-0.4, -0.2) is 32.2 Å². The normalized spacial score (nSPS) is 23.4. The number of hydrogen-bond donors (Lipinski definition) is 1. The molecule has 3 heteroatoms. The monoisotopic (exact) mass is 276 g/mol. The van der Waals surface area contributed by atoms with Crippen molar-refractivity contribution in [1.82, 2.24) is 0 Å². The highest BCUT2D eigenvalue weighted by atomic mass is 16.5. The van der Waals surface area contributed by atoms with E-state index in [9.17, 15) is 4.79 Å². The van der Waals surface area contributed by atoms with Gasteiger partial charge in [-0.15, -0.1) is 0 Å². The van der Waals surface area contributed by atoms with Gasteiger partial charge in [0.25, 0.3) is 0 Å². The first-order chi connectivity index (χ1) is 9.36. The molecule has 2 rings (SSSR count). The van der Waals surface area contributed by atoms with Crippen molar-refractivity contribution in [3.05, 3.63) is 35.4 Å². The second-order valence-electron chi connectivity index (χ2n) is 6.91. The summed E-state index contributed by atoms with van der Waals surface area (Å²) in [7, 11) is 2.15. The van der Waals surface area contributed by atoms with Crippen LogP contribution in [0.25, 0.3) is 0 Å². The summed E-state index contributed by atoms with van der Waals surface area (Å²) in [6, 6.07) is 7.80. The molecule has 0 amide bonds. The fraction of sp³-hybridized carbons (Fsp3) is 0.588. The Balaban J connectivity index is 1.99. The van der Waals surface area contributed by atoms with Crippen molar-refractivity contribution >= 4 is 5.97 Å². The van der Waals surface area contributed by atoms with Crippen molar-refractivity contribution in [3.63, 3.8) is 0 Å². The molecule has 0 aliphatic carbocycles. The lowest BCUT2D eigenvalue weighted by Gasteiger charge is -2.26. The minimum Gasteiger partial charge on any atom is -0.453 e. The van der Waals surface area contributed by atoms with Gasteiger partial charge >= 0.3 is 5.97 Å². The molecule has 1 fully saturated rings. The van der Waals surface area contributed by atoms with Crippen LogP contribution in [0.5, 0.6) is 0 Å². The number of hydrogen-bond acceptors (Lipinski definition) is 2. The molecule has 1 aromatic carbocycles. The molecule has 0 aromatic heterocycles. The lowest BCUT2D eigenvalue weighted by Crippen LogP contribution is -3.11. The summed E-state index contributed by atoms with van der Waals surface area (Å²) < 4.78 is 5.61. The first-order valence-electron chi connectivity index (χ1n) is 7.49. The SMILES string of the molecule is C[NH+]1CCC[C@H](OC(=O)c2ccc(C(C)(C)C)cc2)C1. The van der Waals surface area contributed by atoms with Crippen LogP contribution in [0.1, 0.15) is 49.5 Å². The number of carbonyl (C=O) groups excluding carboxylic acids is 1. The smallest absolute Gasteiger partial charge is 0.338 e. The maximum Gasteiger partial charge on any atom is 0.338 e. The quantitative estimate of drug-likeness (QED) is 0.835. The number of likely N-dealkylation sites (N-methyl/N-ethyl adjacent to an activating group) is 1. The van der Waals surface area contributed by atoms with Crippen LogP contribution in [0.4, 0.5) is 0 Å². The molecule has 1 heterocycles. The Hall–Kier alpha value is -1.35. The number of likely N-dealkylation sites (tertiary alicyclic amines) is 1. The molecule has 1 N–H and O–H groups in total. The first kappa shape index (κ1) is 15.0. The molecule has 1 aliphatic heterocycles. The topological polar surface area (TPSA) is 30.7 Å². The summed E-state index contributed by atoms with van der Waals surface area (Å²) in [4.78, 5) is 13.6. The number of carbonyl (C=O) groups is 1. The van der Waals surface area contributed by atoms with Crippen molar-refractivity contribution in [2.75, 3.05) is 20.1 Å². The van der Waals surface area contributed by atoms with E-state index >= 15 is 0 Å². The van der Waals surface area contributed by atoms with Crippen molar-refractivity contribution in [1.29, 1.82) is 0 Å². The van der Waals surface area contributed by atoms with Crippen molar-refractivity contribution < 1.29 is 14.4 Å². The molecule has 20 heavy (non-hydrogen) atoms. The predicted octanol–water partition coefficient (Wildman–Crippen LogP) is 1.82. The van der Waals surface area contributed by atoms with Gasteiger partial charge in [-0.3, -0.25) is 0 Å². The highest BCUT2D eigenvalue weighted by molar-refractivity contribution is 5.89. The summed E-state index contributed by atoms with van der Waals surface area (Å²) >= 11 is 0. The molecule has 0 radical (unpaired) electrons. The molecule has 2 atom stereocenters. The van der Waals surface area contributed by atoms with E-state index in [0.717, 1.165) is 19.4 Å². The Morgan fingerprint density at radius 3 is 2.45 bits per heavy atom.